The molecule has 142 valence electrons. The van der Waals surface area contributed by atoms with Crippen LogP contribution < -0.4 is 5.32 Å². The van der Waals surface area contributed by atoms with Gasteiger partial charge < -0.3 is 5.32 Å². The standard InChI is InChI=1S/C24H21N5/c1-17-5-3-6-18(2)23(17)16-27-20-8-10-21(11-9-20)29-22(14-25)13-24(28-29)19-7-4-12-26-15-19/h3-13,15,27H,16H2,1-2H3. The van der Waals surface area contributed by atoms with Crippen LogP contribution in [0.15, 0.2) is 73.1 Å². The lowest BCUT2D eigenvalue weighted by atomic mass is 10.0. The van der Waals surface area contributed by atoms with Crippen LogP contribution in [0.25, 0.3) is 16.9 Å². The van der Waals surface area contributed by atoms with Gasteiger partial charge in [0.05, 0.1) is 11.4 Å². The molecule has 0 aliphatic carbocycles. The first-order valence-corrected chi connectivity index (χ1v) is 9.45. The summed E-state index contributed by atoms with van der Waals surface area (Å²) in [5, 5.41) is 17.6. The van der Waals surface area contributed by atoms with Gasteiger partial charge in [0.15, 0.2) is 0 Å². The molecule has 2 heterocycles. The fourth-order valence-electron chi connectivity index (χ4n) is 3.35. The monoisotopic (exact) mass is 379 g/mol. The van der Waals surface area contributed by atoms with Crippen LogP contribution in [0.5, 0.6) is 0 Å². The molecule has 29 heavy (non-hydrogen) atoms. The van der Waals surface area contributed by atoms with Crippen molar-refractivity contribution in [3.05, 3.63) is 95.4 Å². The van der Waals surface area contributed by atoms with Gasteiger partial charge in [-0.3, -0.25) is 4.98 Å². The molecule has 2 aromatic heterocycles. The molecule has 5 nitrogen and oxygen atoms in total. The van der Waals surface area contributed by atoms with Crippen molar-refractivity contribution in [2.45, 2.75) is 20.4 Å². The van der Waals surface area contributed by atoms with Gasteiger partial charge in [-0.25, -0.2) is 4.68 Å². The van der Waals surface area contributed by atoms with E-state index in [4.69, 9.17) is 0 Å². The zero-order chi connectivity index (χ0) is 20.2. The van der Waals surface area contributed by atoms with Gasteiger partial charge in [-0.1, -0.05) is 18.2 Å². The normalized spacial score (nSPS) is 10.5. The Bertz CT molecular complexity index is 1150. The van der Waals surface area contributed by atoms with E-state index in [1.54, 1.807) is 23.1 Å². The third-order valence-corrected chi connectivity index (χ3v) is 5.01. The highest BCUT2D eigenvalue weighted by atomic mass is 15.3. The summed E-state index contributed by atoms with van der Waals surface area (Å²) in [5.74, 6) is 0. The Morgan fingerprint density at radius 3 is 2.41 bits per heavy atom. The summed E-state index contributed by atoms with van der Waals surface area (Å²) >= 11 is 0. The maximum Gasteiger partial charge on any atom is 0.144 e. The van der Waals surface area contributed by atoms with Crippen LogP contribution in [0, 0.1) is 25.2 Å². The van der Waals surface area contributed by atoms with Crippen LogP contribution >= 0.6 is 0 Å². The van der Waals surface area contributed by atoms with Crippen LogP contribution in [0.2, 0.25) is 0 Å². The number of hydrogen-bond donors (Lipinski definition) is 1. The summed E-state index contributed by atoms with van der Waals surface area (Å²) in [6.07, 6.45) is 3.46. The predicted molar refractivity (Wildman–Crippen MR) is 115 cm³/mol. The first-order valence-electron chi connectivity index (χ1n) is 9.45. The number of aryl methyl sites for hydroxylation is 2. The molecule has 0 aliphatic heterocycles. The number of nitriles is 1. The number of hydrogen-bond acceptors (Lipinski definition) is 4. The Labute approximate surface area is 170 Å². The van der Waals surface area contributed by atoms with Gasteiger partial charge >= 0.3 is 0 Å². The van der Waals surface area contributed by atoms with Gasteiger partial charge in [0.25, 0.3) is 0 Å². The molecule has 0 bridgehead atoms. The zero-order valence-electron chi connectivity index (χ0n) is 16.4. The van der Waals surface area contributed by atoms with E-state index in [1.807, 2.05) is 36.4 Å². The molecule has 0 spiro atoms. The van der Waals surface area contributed by atoms with E-state index in [0.717, 1.165) is 29.2 Å². The summed E-state index contributed by atoms with van der Waals surface area (Å²) in [7, 11) is 0. The van der Waals surface area contributed by atoms with Crippen molar-refractivity contribution in [2.75, 3.05) is 5.32 Å². The van der Waals surface area contributed by atoms with Crippen molar-refractivity contribution in [3.8, 4) is 23.0 Å². The Hall–Kier alpha value is -3.91. The summed E-state index contributed by atoms with van der Waals surface area (Å²) in [4.78, 5) is 4.13. The second kappa shape index (κ2) is 7.99. The molecular weight excluding hydrogens is 358 g/mol. The average Bonchev–Trinajstić information content (AvgIpc) is 3.19. The number of anilines is 1. The van der Waals surface area contributed by atoms with Crippen LogP contribution in [0.1, 0.15) is 22.4 Å². The number of nitrogens with zero attached hydrogens (tertiary/aromatic N) is 4. The van der Waals surface area contributed by atoms with E-state index in [9.17, 15) is 5.26 Å². The number of rotatable bonds is 5. The fourth-order valence-corrected chi connectivity index (χ4v) is 3.35. The summed E-state index contributed by atoms with van der Waals surface area (Å²) in [6, 6.07) is 22.1. The fraction of sp³-hybridized carbons (Fsp3) is 0.125. The zero-order valence-corrected chi connectivity index (χ0v) is 16.4. The summed E-state index contributed by atoms with van der Waals surface area (Å²) in [6.45, 7) is 5.04. The molecule has 5 heteroatoms. The molecule has 0 saturated carbocycles. The van der Waals surface area contributed by atoms with Gasteiger partial charge in [0.1, 0.15) is 11.8 Å². The first kappa shape index (κ1) is 18.5. The second-order valence-electron chi connectivity index (χ2n) is 6.95. The van der Waals surface area contributed by atoms with Gasteiger partial charge in [-0.2, -0.15) is 10.4 Å². The topological polar surface area (TPSA) is 66.5 Å². The average molecular weight is 379 g/mol. The molecule has 0 saturated heterocycles. The Morgan fingerprint density at radius 2 is 1.76 bits per heavy atom. The minimum Gasteiger partial charge on any atom is -0.381 e. The molecule has 0 unspecified atom stereocenters. The van der Waals surface area contributed by atoms with Crippen molar-refractivity contribution in [1.82, 2.24) is 14.8 Å². The molecule has 2 aromatic carbocycles. The maximum absolute atomic E-state index is 9.52. The number of aromatic nitrogens is 3. The lowest BCUT2D eigenvalue weighted by Gasteiger charge is -2.12. The lowest BCUT2D eigenvalue weighted by molar-refractivity contribution is 0.869. The van der Waals surface area contributed by atoms with Crippen LogP contribution in [0.3, 0.4) is 0 Å². The van der Waals surface area contributed by atoms with Crippen molar-refractivity contribution in [2.24, 2.45) is 0 Å². The third-order valence-electron chi connectivity index (χ3n) is 5.01. The van der Waals surface area contributed by atoms with Crippen molar-refractivity contribution < 1.29 is 0 Å². The number of nitrogens with one attached hydrogen (secondary N) is 1. The van der Waals surface area contributed by atoms with Crippen LogP contribution in [0.4, 0.5) is 5.69 Å². The molecule has 0 fully saturated rings. The van der Waals surface area contributed by atoms with Crippen molar-refractivity contribution >= 4 is 5.69 Å². The summed E-state index contributed by atoms with van der Waals surface area (Å²) in [5.41, 5.74) is 7.85. The highest BCUT2D eigenvalue weighted by molar-refractivity contribution is 5.60. The maximum atomic E-state index is 9.52. The van der Waals surface area contributed by atoms with Gasteiger partial charge in [0.2, 0.25) is 0 Å². The van der Waals surface area contributed by atoms with Crippen molar-refractivity contribution in [3.63, 3.8) is 0 Å². The number of pyridine rings is 1. The highest BCUT2D eigenvalue weighted by Crippen LogP contribution is 2.22. The quantitative estimate of drug-likeness (QED) is 0.528. The van der Waals surface area contributed by atoms with E-state index in [1.165, 1.54) is 16.7 Å². The van der Waals surface area contributed by atoms with Gasteiger partial charge in [0, 0.05) is 36.3 Å². The van der Waals surface area contributed by atoms with E-state index in [0.29, 0.717) is 5.69 Å². The van der Waals surface area contributed by atoms with Crippen LogP contribution in [-0.4, -0.2) is 14.8 Å². The third kappa shape index (κ3) is 3.87. The number of benzene rings is 2. The van der Waals surface area contributed by atoms with Gasteiger partial charge in [-0.15, -0.1) is 0 Å². The van der Waals surface area contributed by atoms with E-state index in [-0.39, 0.29) is 0 Å². The Morgan fingerprint density at radius 1 is 1.00 bits per heavy atom. The van der Waals surface area contributed by atoms with Crippen molar-refractivity contribution in [1.29, 1.82) is 5.26 Å². The minimum absolute atomic E-state index is 0.486. The molecular formula is C24H21N5. The van der Waals surface area contributed by atoms with E-state index < -0.39 is 0 Å². The Kier molecular flexibility index (Phi) is 5.08. The van der Waals surface area contributed by atoms with Crippen LogP contribution in [-0.2, 0) is 6.54 Å². The SMILES string of the molecule is Cc1cccc(C)c1CNc1ccc(-n2nc(-c3cccnc3)cc2C#N)cc1. The predicted octanol–water partition coefficient (Wildman–Crippen LogP) is 5.03. The smallest absolute Gasteiger partial charge is 0.144 e. The molecule has 0 radical (unpaired) electrons. The van der Waals surface area contributed by atoms with Gasteiger partial charge in [-0.05, 0) is 66.9 Å². The molecule has 0 amide bonds. The second-order valence-corrected chi connectivity index (χ2v) is 6.95. The summed E-state index contributed by atoms with van der Waals surface area (Å²) < 4.78 is 1.66. The molecule has 0 atom stereocenters. The molecule has 0 aliphatic rings. The minimum atomic E-state index is 0.486. The first-order chi connectivity index (χ1) is 14.2. The largest absolute Gasteiger partial charge is 0.381 e. The highest BCUT2D eigenvalue weighted by Gasteiger charge is 2.11. The molecule has 1 N–H and O–H groups in total. The molecule has 4 aromatic rings. The van der Waals surface area contributed by atoms with E-state index >= 15 is 0 Å². The Balaban J connectivity index is 1.55. The molecule has 4 rings (SSSR count). The lowest BCUT2D eigenvalue weighted by Crippen LogP contribution is -2.04. The van der Waals surface area contributed by atoms with E-state index in [2.05, 4.69) is 53.5 Å².